The van der Waals surface area contributed by atoms with Crippen molar-refractivity contribution in [1.82, 2.24) is 0 Å². The van der Waals surface area contributed by atoms with Crippen LogP contribution in [0.3, 0.4) is 0 Å². The third-order valence-electron chi connectivity index (χ3n) is 0.1000. The molecule has 0 heterocycles. The van der Waals surface area contributed by atoms with Gasteiger partial charge in [0.15, 0.2) is 0 Å². The molecule has 0 aromatic carbocycles. The van der Waals surface area contributed by atoms with Gasteiger partial charge in [-0.15, -0.1) is 13.2 Å². The quantitative estimate of drug-likeness (QED) is 0.522. The van der Waals surface area contributed by atoms with Gasteiger partial charge in [0.2, 0.25) is 0 Å². The maximum atomic E-state index is 9.56. The SMILES string of the molecule is C=CC.C=CC.C[S+](C)[O-].OCCO. The first-order valence-corrected chi connectivity index (χ1v) is 6.05. The molecule has 0 radical (unpaired) electrons. The van der Waals surface area contributed by atoms with Crippen LogP contribution in [0.5, 0.6) is 0 Å². The van der Waals surface area contributed by atoms with Gasteiger partial charge in [0.25, 0.3) is 0 Å². The Morgan fingerprint density at radius 3 is 1.14 bits per heavy atom. The summed E-state index contributed by atoms with van der Waals surface area (Å²) in [6.07, 6.45) is 6.78. The van der Waals surface area contributed by atoms with Gasteiger partial charge in [-0.25, -0.2) is 0 Å². The van der Waals surface area contributed by atoms with Crippen LogP contribution in [-0.2, 0) is 11.2 Å². The van der Waals surface area contributed by atoms with E-state index in [9.17, 15) is 4.55 Å². The van der Waals surface area contributed by atoms with E-state index in [4.69, 9.17) is 10.2 Å². The first-order valence-electron chi connectivity index (χ1n) is 4.09. The molecule has 3 nitrogen and oxygen atoms in total. The lowest BCUT2D eigenvalue weighted by Crippen LogP contribution is -1.86. The van der Waals surface area contributed by atoms with Crippen molar-refractivity contribution in [2.45, 2.75) is 13.8 Å². The molecule has 0 aromatic rings. The summed E-state index contributed by atoms with van der Waals surface area (Å²) in [7, 11) is 0. The Hall–Kier alpha value is -0.290. The van der Waals surface area contributed by atoms with Crippen LogP contribution in [0.1, 0.15) is 13.8 Å². The molecule has 14 heavy (non-hydrogen) atoms. The Morgan fingerprint density at radius 1 is 1.07 bits per heavy atom. The zero-order chi connectivity index (χ0) is 12.4. The molecule has 0 aliphatic heterocycles. The maximum absolute atomic E-state index is 9.56. The fraction of sp³-hybridized carbons (Fsp3) is 0.600. The molecule has 4 heteroatoms. The summed E-state index contributed by atoms with van der Waals surface area (Å²) in [5, 5.41) is 15.2. The van der Waals surface area contributed by atoms with Crippen molar-refractivity contribution in [3.63, 3.8) is 0 Å². The number of hydrogen-bond acceptors (Lipinski definition) is 3. The van der Waals surface area contributed by atoms with Crippen molar-refractivity contribution in [3.8, 4) is 0 Å². The summed E-state index contributed by atoms with van der Waals surface area (Å²) in [5.74, 6) is 0. The van der Waals surface area contributed by atoms with Crippen molar-refractivity contribution in [2.75, 3.05) is 25.7 Å². The largest absolute Gasteiger partial charge is 0.617 e. The summed E-state index contributed by atoms with van der Waals surface area (Å²) in [6.45, 7) is 10.2. The molecule has 0 aliphatic rings. The second-order valence-electron chi connectivity index (χ2n) is 2.01. The summed E-state index contributed by atoms with van der Waals surface area (Å²) in [5.41, 5.74) is 0. The minimum absolute atomic E-state index is 0.125. The first-order chi connectivity index (χ1) is 6.47. The third-order valence-corrected chi connectivity index (χ3v) is 0.1000. The predicted molar refractivity (Wildman–Crippen MR) is 65.9 cm³/mol. The molecule has 0 spiro atoms. The van der Waals surface area contributed by atoms with E-state index in [1.165, 1.54) is 0 Å². The molecular weight excluding hydrogens is 200 g/mol. The highest BCUT2D eigenvalue weighted by Gasteiger charge is 1.66. The minimum Gasteiger partial charge on any atom is -0.617 e. The van der Waals surface area contributed by atoms with Gasteiger partial charge in [-0.05, 0) is 13.8 Å². The molecule has 0 fully saturated rings. The standard InChI is InChI=1S/2C3H6.C2H6O2.C2H6OS/c2*1-3-2;3-1-2-4;1-4(2)3/h2*3H,1H2,2H3;3-4H,1-2H2;1-2H3. The lowest BCUT2D eigenvalue weighted by atomic mass is 10.8. The lowest BCUT2D eigenvalue weighted by Gasteiger charge is -1.87. The molecule has 0 rings (SSSR count). The van der Waals surface area contributed by atoms with Crippen LogP contribution in [0.2, 0.25) is 0 Å². The zero-order valence-electron chi connectivity index (χ0n) is 9.69. The molecule has 0 amide bonds. The van der Waals surface area contributed by atoms with E-state index in [0.717, 1.165) is 0 Å². The maximum Gasteiger partial charge on any atom is 0.0946 e. The average molecular weight is 224 g/mol. The highest BCUT2D eigenvalue weighted by molar-refractivity contribution is 7.89. The van der Waals surface area contributed by atoms with Crippen molar-refractivity contribution in [1.29, 1.82) is 0 Å². The summed E-state index contributed by atoms with van der Waals surface area (Å²) in [6, 6.07) is 0. The van der Waals surface area contributed by atoms with E-state index in [2.05, 4.69) is 13.2 Å². The molecule has 0 unspecified atom stereocenters. The normalized spacial score (nSPS) is 6.57. The number of aliphatic hydroxyl groups is 2. The smallest absolute Gasteiger partial charge is 0.0946 e. The molecule has 0 atom stereocenters. The van der Waals surface area contributed by atoms with Crippen LogP contribution in [0.15, 0.2) is 25.3 Å². The van der Waals surface area contributed by atoms with Crippen LogP contribution in [-0.4, -0.2) is 40.5 Å². The highest BCUT2D eigenvalue weighted by Crippen LogP contribution is 1.61. The van der Waals surface area contributed by atoms with Gasteiger partial charge in [-0.1, -0.05) is 23.3 Å². The Balaban J connectivity index is -0.0000000482. The third kappa shape index (κ3) is 2660. The van der Waals surface area contributed by atoms with Crippen LogP contribution in [0.25, 0.3) is 0 Å². The van der Waals surface area contributed by atoms with E-state index in [1.807, 2.05) is 13.8 Å². The van der Waals surface area contributed by atoms with Gasteiger partial charge < -0.3 is 14.8 Å². The van der Waals surface area contributed by atoms with Gasteiger partial charge >= 0.3 is 0 Å². The Kier molecular flexibility index (Phi) is 64.9. The number of rotatable bonds is 1. The van der Waals surface area contributed by atoms with Crippen molar-refractivity contribution >= 4 is 11.2 Å². The molecule has 0 saturated carbocycles. The molecule has 0 saturated heterocycles. The fourth-order valence-corrected chi connectivity index (χ4v) is 0. The highest BCUT2D eigenvalue weighted by atomic mass is 32.2. The number of hydrogen-bond donors (Lipinski definition) is 2. The van der Waals surface area contributed by atoms with Gasteiger partial charge in [-0.2, -0.15) is 0 Å². The molecule has 0 bridgehead atoms. The van der Waals surface area contributed by atoms with Gasteiger partial charge in [0, 0.05) is 0 Å². The van der Waals surface area contributed by atoms with E-state index in [0.29, 0.717) is 0 Å². The van der Waals surface area contributed by atoms with Crippen LogP contribution >= 0.6 is 0 Å². The predicted octanol–water partition coefficient (Wildman–Crippen LogP) is 1.35. The first kappa shape index (κ1) is 23.5. The molecule has 0 aromatic heterocycles. The van der Waals surface area contributed by atoms with Crippen molar-refractivity contribution in [3.05, 3.63) is 25.3 Å². The van der Waals surface area contributed by atoms with Crippen LogP contribution in [0.4, 0.5) is 0 Å². The van der Waals surface area contributed by atoms with E-state index in [-0.39, 0.29) is 13.2 Å². The topological polar surface area (TPSA) is 63.5 Å². The molecule has 2 N–H and O–H groups in total. The van der Waals surface area contributed by atoms with E-state index >= 15 is 0 Å². The molecule has 88 valence electrons. The van der Waals surface area contributed by atoms with Gasteiger partial charge in [0.05, 0.1) is 25.7 Å². The Morgan fingerprint density at radius 2 is 1.14 bits per heavy atom. The zero-order valence-corrected chi connectivity index (χ0v) is 10.5. The fourth-order valence-electron chi connectivity index (χ4n) is 0. The van der Waals surface area contributed by atoms with Gasteiger partial charge in [0.1, 0.15) is 0 Å². The van der Waals surface area contributed by atoms with Crippen LogP contribution < -0.4 is 0 Å². The summed E-state index contributed by atoms with van der Waals surface area (Å²) < 4.78 is 9.56. The lowest BCUT2D eigenvalue weighted by molar-refractivity contribution is 0.186. The van der Waals surface area contributed by atoms with Crippen LogP contribution in [0, 0.1) is 0 Å². The summed E-state index contributed by atoms with van der Waals surface area (Å²) >= 11 is -0.611. The second kappa shape index (κ2) is 38.7. The minimum atomic E-state index is -0.611. The van der Waals surface area contributed by atoms with Crippen molar-refractivity contribution < 1.29 is 14.8 Å². The molecular formula is C10H24O3S. The number of allylic oxidation sites excluding steroid dienone is 2. The second-order valence-corrected chi connectivity index (χ2v) is 3.49. The summed E-state index contributed by atoms with van der Waals surface area (Å²) in [4.78, 5) is 0. The van der Waals surface area contributed by atoms with E-state index < -0.39 is 11.2 Å². The van der Waals surface area contributed by atoms with Crippen molar-refractivity contribution in [2.24, 2.45) is 0 Å². The molecule has 0 aliphatic carbocycles. The number of aliphatic hydroxyl groups excluding tert-OH is 2. The monoisotopic (exact) mass is 224 g/mol. The van der Waals surface area contributed by atoms with Gasteiger partial charge in [-0.3, -0.25) is 0 Å². The Labute approximate surface area is 91.3 Å². The average Bonchev–Trinajstić information content (AvgIpc) is 2.06. The Bertz CT molecular complexity index is 74.7. The van der Waals surface area contributed by atoms with E-state index in [1.54, 1.807) is 24.7 Å².